The van der Waals surface area contributed by atoms with Gasteiger partial charge in [-0.25, -0.2) is 4.79 Å². The molecule has 2 amide bonds. The van der Waals surface area contributed by atoms with Gasteiger partial charge in [0.05, 0.1) is 5.92 Å². The highest BCUT2D eigenvalue weighted by Crippen LogP contribution is 2.23. The van der Waals surface area contributed by atoms with Crippen LogP contribution < -0.4 is 5.32 Å². The molecule has 0 radical (unpaired) electrons. The van der Waals surface area contributed by atoms with Gasteiger partial charge in [-0.15, -0.1) is 0 Å². The van der Waals surface area contributed by atoms with Gasteiger partial charge >= 0.3 is 5.97 Å². The first-order valence-electron chi connectivity index (χ1n) is 10.1. The van der Waals surface area contributed by atoms with Gasteiger partial charge in [0.25, 0.3) is 0 Å². The Kier molecular flexibility index (Phi) is 6.67. The number of hydrogen-bond donors (Lipinski definition) is 2. The molecule has 0 aromatic heterocycles. The molecule has 2 saturated heterocycles. The molecule has 28 heavy (non-hydrogen) atoms. The van der Waals surface area contributed by atoms with Crippen molar-refractivity contribution in [3.05, 3.63) is 35.9 Å². The third-order valence-corrected chi connectivity index (χ3v) is 5.82. The van der Waals surface area contributed by atoms with Crippen molar-refractivity contribution in [2.75, 3.05) is 26.2 Å². The number of likely N-dealkylation sites (N-methyl/N-ethyl adjacent to an activating group) is 1. The lowest BCUT2D eigenvalue weighted by Crippen LogP contribution is -2.46. The minimum absolute atomic E-state index is 0.0157. The maximum absolute atomic E-state index is 12.6. The Balaban J connectivity index is 1.56. The van der Waals surface area contributed by atoms with Crippen LogP contribution in [0.15, 0.2) is 30.3 Å². The Morgan fingerprint density at radius 3 is 2.71 bits per heavy atom. The zero-order chi connectivity index (χ0) is 20.1. The van der Waals surface area contributed by atoms with Crippen molar-refractivity contribution >= 4 is 17.8 Å². The molecule has 2 aliphatic rings. The molecule has 0 spiro atoms. The summed E-state index contributed by atoms with van der Waals surface area (Å²) in [7, 11) is 0. The van der Waals surface area contributed by atoms with Crippen LogP contribution in [0.1, 0.15) is 31.7 Å². The number of likely N-dealkylation sites (tertiary alicyclic amines) is 2. The Hall–Kier alpha value is -2.41. The van der Waals surface area contributed by atoms with Crippen molar-refractivity contribution < 1.29 is 19.5 Å². The number of carbonyl (C=O) groups excluding carboxylic acids is 2. The molecule has 2 aliphatic heterocycles. The van der Waals surface area contributed by atoms with Crippen molar-refractivity contribution in [1.29, 1.82) is 0 Å². The summed E-state index contributed by atoms with van der Waals surface area (Å²) in [6.07, 6.45) is 2.60. The third-order valence-electron chi connectivity index (χ3n) is 5.82. The third kappa shape index (κ3) is 4.90. The predicted molar refractivity (Wildman–Crippen MR) is 105 cm³/mol. The van der Waals surface area contributed by atoms with Crippen LogP contribution in [0.2, 0.25) is 0 Å². The largest absolute Gasteiger partial charge is 0.480 e. The van der Waals surface area contributed by atoms with E-state index in [1.54, 1.807) is 4.90 Å². The van der Waals surface area contributed by atoms with Gasteiger partial charge in [-0.1, -0.05) is 37.3 Å². The molecule has 2 fully saturated rings. The molecule has 0 bridgehead atoms. The second kappa shape index (κ2) is 9.19. The summed E-state index contributed by atoms with van der Waals surface area (Å²) in [5.74, 6) is -1.92. The van der Waals surface area contributed by atoms with Gasteiger partial charge in [0.2, 0.25) is 11.8 Å². The van der Waals surface area contributed by atoms with Crippen LogP contribution in [0.25, 0.3) is 0 Å². The summed E-state index contributed by atoms with van der Waals surface area (Å²) in [5.41, 5.74) is 0.847. The van der Waals surface area contributed by atoms with Gasteiger partial charge in [0, 0.05) is 32.0 Å². The minimum atomic E-state index is -1.07. The normalized spacial score (nSPS) is 23.8. The van der Waals surface area contributed by atoms with Crippen LogP contribution in [0.3, 0.4) is 0 Å². The van der Waals surface area contributed by atoms with E-state index in [-0.39, 0.29) is 24.7 Å². The van der Waals surface area contributed by atoms with Crippen LogP contribution in [-0.2, 0) is 20.8 Å². The van der Waals surface area contributed by atoms with E-state index in [2.05, 4.69) is 17.1 Å². The fourth-order valence-electron chi connectivity index (χ4n) is 4.24. The second-order valence-electron chi connectivity index (χ2n) is 7.71. The smallest absolute Gasteiger partial charge is 0.326 e. The molecule has 152 valence electrons. The average molecular weight is 387 g/mol. The standard InChI is InChI=1S/C21H29N3O4/c1-2-23-10-6-9-17(23)14-24-13-16(12-19(24)25)20(26)22-18(21(27)28)11-15-7-4-3-5-8-15/h3-5,7-8,16-18H,2,6,9-14H2,1H3,(H,22,26)(H,27,28)/t16-,17-,18+/m0/s1. The van der Waals surface area contributed by atoms with Crippen molar-refractivity contribution in [2.45, 2.75) is 44.7 Å². The molecule has 2 heterocycles. The van der Waals surface area contributed by atoms with E-state index in [9.17, 15) is 19.5 Å². The Morgan fingerprint density at radius 2 is 2.04 bits per heavy atom. The highest BCUT2D eigenvalue weighted by molar-refractivity contribution is 5.91. The van der Waals surface area contributed by atoms with Gasteiger partial charge < -0.3 is 15.3 Å². The number of benzene rings is 1. The first-order chi connectivity index (χ1) is 13.5. The van der Waals surface area contributed by atoms with E-state index in [1.165, 1.54) is 0 Å². The highest BCUT2D eigenvalue weighted by atomic mass is 16.4. The van der Waals surface area contributed by atoms with E-state index >= 15 is 0 Å². The first-order valence-corrected chi connectivity index (χ1v) is 10.1. The van der Waals surface area contributed by atoms with Gasteiger partial charge in [-0.05, 0) is 31.5 Å². The summed E-state index contributed by atoms with van der Waals surface area (Å²) in [6, 6.07) is 8.58. The average Bonchev–Trinajstić information content (AvgIpc) is 3.28. The molecule has 0 saturated carbocycles. The van der Waals surface area contributed by atoms with E-state index in [4.69, 9.17) is 0 Å². The van der Waals surface area contributed by atoms with E-state index in [0.717, 1.165) is 31.5 Å². The van der Waals surface area contributed by atoms with Crippen LogP contribution >= 0.6 is 0 Å². The van der Waals surface area contributed by atoms with E-state index in [0.29, 0.717) is 19.1 Å². The summed E-state index contributed by atoms with van der Waals surface area (Å²) < 4.78 is 0. The van der Waals surface area contributed by atoms with Crippen LogP contribution in [0.5, 0.6) is 0 Å². The van der Waals surface area contributed by atoms with Gasteiger partial charge in [0.15, 0.2) is 0 Å². The lowest BCUT2D eigenvalue weighted by Gasteiger charge is -2.27. The Labute approximate surface area is 165 Å². The van der Waals surface area contributed by atoms with E-state index in [1.807, 2.05) is 30.3 Å². The number of rotatable bonds is 8. The number of amides is 2. The zero-order valence-electron chi connectivity index (χ0n) is 16.3. The lowest BCUT2D eigenvalue weighted by atomic mass is 10.0. The molecule has 3 atom stereocenters. The predicted octanol–water partition coefficient (Wildman–Crippen LogP) is 1.13. The zero-order valence-corrected chi connectivity index (χ0v) is 16.3. The molecule has 2 N–H and O–H groups in total. The number of nitrogens with one attached hydrogen (secondary N) is 1. The molecule has 7 heteroatoms. The Morgan fingerprint density at radius 1 is 1.29 bits per heavy atom. The summed E-state index contributed by atoms with van der Waals surface area (Å²) >= 11 is 0. The SMILES string of the molecule is CCN1CCC[C@H]1CN1C[C@@H](C(=O)N[C@H](Cc2ccccc2)C(=O)O)CC1=O. The number of carboxylic acids is 1. The van der Waals surface area contributed by atoms with Crippen molar-refractivity contribution in [1.82, 2.24) is 15.1 Å². The molecular formula is C21H29N3O4. The Bertz CT molecular complexity index is 709. The summed E-state index contributed by atoms with van der Waals surface area (Å²) in [5, 5.41) is 12.1. The number of hydrogen-bond acceptors (Lipinski definition) is 4. The number of carbonyl (C=O) groups is 3. The summed E-state index contributed by atoms with van der Waals surface area (Å²) in [4.78, 5) is 40.8. The molecule has 0 aliphatic carbocycles. The lowest BCUT2D eigenvalue weighted by molar-refractivity contribution is -0.142. The van der Waals surface area contributed by atoms with E-state index < -0.39 is 17.9 Å². The molecule has 0 unspecified atom stereocenters. The van der Waals surface area contributed by atoms with Crippen LogP contribution in [0.4, 0.5) is 0 Å². The van der Waals surface area contributed by atoms with Crippen LogP contribution in [-0.4, -0.2) is 71.0 Å². The fourth-order valence-corrected chi connectivity index (χ4v) is 4.24. The van der Waals surface area contributed by atoms with Crippen LogP contribution in [0, 0.1) is 5.92 Å². The maximum atomic E-state index is 12.6. The minimum Gasteiger partial charge on any atom is -0.480 e. The molecular weight excluding hydrogens is 358 g/mol. The van der Waals surface area contributed by atoms with Crippen molar-refractivity contribution in [3.8, 4) is 0 Å². The van der Waals surface area contributed by atoms with Gasteiger partial charge in [-0.3, -0.25) is 14.5 Å². The molecule has 1 aromatic carbocycles. The number of carboxylic acid groups (broad SMARTS) is 1. The highest BCUT2D eigenvalue weighted by Gasteiger charge is 2.38. The monoisotopic (exact) mass is 387 g/mol. The molecule has 1 aromatic rings. The molecule has 7 nitrogen and oxygen atoms in total. The number of aliphatic carboxylic acids is 1. The van der Waals surface area contributed by atoms with Gasteiger partial charge in [0.1, 0.15) is 6.04 Å². The quantitative estimate of drug-likeness (QED) is 0.698. The van der Waals surface area contributed by atoms with Gasteiger partial charge in [-0.2, -0.15) is 0 Å². The van der Waals surface area contributed by atoms with Crippen molar-refractivity contribution in [3.63, 3.8) is 0 Å². The fraction of sp³-hybridized carbons (Fsp3) is 0.571. The maximum Gasteiger partial charge on any atom is 0.326 e. The van der Waals surface area contributed by atoms with Crippen molar-refractivity contribution in [2.24, 2.45) is 5.92 Å². The molecule has 3 rings (SSSR count). The number of nitrogens with zero attached hydrogens (tertiary/aromatic N) is 2. The first kappa shape index (κ1) is 20.3. The topological polar surface area (TPSA) is 89.9 Å². The second-order valence-corrected chi connectivity index (χ2v) is 7.71. The summed E-state index contributed by atoms with van der Waals surface area (Å²) in [6.45, 7) is 5.18.